The van der Waals surface area contributed by atoms with E-state index in [9.17, 15) is 14.4 Å². The minimum absolute atomic E-state index is 0.0116. The van der Waals surface area contributed by atoms with Crippen LogP contribution in [0.1, 0.15) is 57.4 Å². The van der Waals surface area contributed by atoms with E-state index >= 15 is 0 Å². The van der Waals surface area contributed by atoms with E-state index in [0.717, 1.165) is 50.0 Å². The Labute approximate surface area is 251 Å². The minimum Gasteiger partial charge on any atom is -0.368 e. The van der Waals surface area contributed by atoms with Gasteiger partial charge in [0.25, 0.3) is 5.91 Å². The van der Waals surface area contributed by atoms with E-state index in [1.54, 1.807) is 0 Å². The van der Waals surface area contributed by atoms with Crippen molar-refractivity contribution in [1.82, 2.24) is 15.1 Å². The number of piperazine rings is 1. The number of fused-ring (bicyclic) bond motifs is 3. The van der Waals surface area contributed by atoms with Crippen molar-refractivity contribution in [2.75, 3.05) is 31.1 Å². The number of nitrogens with one attached hydrogen (secondary N) is 1. The molecule has 3 amide bonds. The molecule has 2 aromatic carbocycles. The van der Waals surface area contributed by atoms with Gasteiger partial charge in [-0.25, -0.2) is 9.89 Å². The molecule has 0 aromatic heterocycles. The molecule has 2 aromatic rings. The fourth-order valence-electron chi connectivity index (χ4n) is 6.15. The van der Waals surface area contributed by atoms with Crippen molar-refractivity contribution >= 4 is 51.9 Å². The topological polar surface area (TPSA) is 97.7 Å². The third-order valence-electron chi connectivity index (χ3n) is 8.53. The van der Waals surface area contributed by atoms with Crippen LogP contribution in [-0.4, -0.2) is 82.0 Å². The number of hydrogen-bond donors (Lipinski definition) is 1. The SMILES string of the molecule is CCC(SC1=Nc2ccccc2C2=NC(CC(=O)N3CCN(c4ccccc4)CC3)C(=O)N12)C(=O)NC1CCCCC1. The summed E-state index contributed by atoms with van der Waals surface area (Å²) in [6.45, 7) is 4.69. The van der Waals surface area contributed by atoms with Crippen LogP contribution in [0.15, 0.2) is 64.6 Å². The quantitative estimate of drug-likeness (QED) is 0.521. The highest BCUT2D eigenvalue weighted by molar-refractivity contribution is 8.15. The summed E-state index contributed by atoms with van der Waals surface area (Å²) in [6, 6.07) is 17.2. The van der Waals surface area contributed by atoms with Gasteiger partial charge in [0, 0.05) is 43.5 Å². The van der Waals surface area contributed by atoms with E-state index in [2.05, 4.69) is 22.3 Å². The van der Waals surface area contributed by atoms with Gasteiger partial charge in [-0.2, -0.15) is 0 Å². The van der Waals surface area contributed by atoms with Crippen molar-refractivity contribution < 1.29 is 14.4 Å². The molecule has 220 valence electrons. The molecule has 1 N–H and O–H groups in total. The number of thioether (sulfide) groups is 1. The van der Waals surface area contributed by atoms with Crippen LogP contribution in [-0.2, 0) is 14.4 Å². The van der Waals surface area contributed by atoms with E-state index in [0.29, 0.717) is 36.2 Å². The lowest BCUT2D eigenvalue weighted by molar-refractivity contribution is -0.135. The average molecular weight is 587 g/mol. The van der Waals surface area contributed by atoms with Crippen LogP contribution < -0.4 is 10.2 Å². The summed E-state index contributed by atoms with van der Waals surface area (Å²) in [5.41, 5.74) is 2.63. The van der Waals surface area contributed by atoms with Crippen molar-refractivity contribution in [3.63, 3.8) is 0 Å². The smallest absolute Gasteiger partial charge is 0.259 e. The Morgan fingerprint density at radius 3 is 2.43 bits per heavy atom. The number of nitrogens with zero attached hydrogens (tertiary/aromatic N) is 5. The van der Waals surface area contributed by atoms with Crippen LogP contribution in [0.5, 0.6) is 0 Å². The maximum atomic E-state index is 13.8. The van der Waals surface area contributed by atoms with Gasteiger partial charge in [-0.1, -0.05) is 68.3 Å². The Hall–Kier alpha value is -3.66. The van der Waals surface area contributed by atoms with Gasteiger partial charge in [0.05, 0.1) is 17.4 Å². The van der Waals surface area contributed by atoms with Crippen LogP contribution in [0.2, 0.25) is 0 Å². The lowest BCUT2D eigenvalue weighted by Gasteiger charge is -2.36. The highest BCUT2D eigenvalue weighted by atomic mass is 32.2. The summed E-state index contributed by atoms with van der Waals surface area (Å²) in [5, 5.41) is 3.30. The summed E-state index contributed by atoms with van der Waals surface area (Å²) in [6.07, 6.45) is 6.16. The second-order valence-corrected chi connectivity index (χ2v) is 12.5. The molecule has 0 spiro atoms. The molecule has 10 heteroatoms. The molecule has 42 heavy (non-hydrogen) atoms. The number of para-hydroxylation sites is 2. The van der Waals surface area contributed by atoms with Gasteiger partial charge >= 0.3 is 0 Å². The van der Waals surface area contributed by atoms with Crippen molar-refractivity contribution in [3.8, 4) is 0 Å². The first kappa shape index (κ1) is 28.5. The first-order valence-corrected chi connectivity index (χ1v) is 16.0. The van der Waals surface area contributed by atoms with Crippen LogP contribution in [0.3, 0.4) is 0 Å². The van der Waals surface area contributed by atoms with Crippen molar-refractivity contribution in [2.24, 2.45) is 9.98 Å². The highest BCUT2D eigenvalue weighted by Crippen LogP contribution is 2.36. The highest BCUT2D eigenvalue weighted by Gasteiger charge is 2.43. The number of amides is 3. The Morgan fingerprint density at radius 1 is 0.976 bits per heavy atom. The third-order valence-corrected chi connectivity index (χ3v) is 9.85. The van der Waals surface area contributed by atoms with Crippen LogP contribution in [0.4, 0.5) is 11.4 Å². The average Bonchev–Trinajstić information content (AvgIpc) is 3.36. The number of aliphatic imine (C=N–C) groups is 2. The molecular formula is C32H38N6O3S. The molecule has 4 aliphatic rings. The molecule has 3 aliphatic heterocycles. The lowest BCUT2D eigenvalue weighted by Crippen LogP contribution is -2.50. The van der Waals surface area contributed by atoms with E-state index in [4.69, 9.17) is 9.98 Å². The lowest BCUT2D eigenvalue weighted by atomic mass is 9.95. The fourth-order valence-corrected chi connectivity index (χ4v) is 7.18. The van der Waals surface area contributed by atoms with Crippen LogP contribution in [0.25, 0.3) is 0 Å². The number of benzene rings is 2. The molecule has 2 atom stereocenters. The Bertz CT molecular complexity index is 1380. The summed E-state index contributed by atoms with van der Waals surface area (Å²) < 4.78 is 0. The van der Waals surface area contributed by atoms with Gasteiger partial charge in [-0.05, 0) is 43.5 Å². The van der Waals surface area contributed by atoms with Gasteiger partial charge in [-0.3, -0.25) is 19.4 Å². The van der Waals surface area contributed by atoms with Crippen molar-refractivity contribution in [1.29, 1.82) is 0 Å². The molecule has 6 rings (SSSR count). The molecule has 2 unspecified atom stereocenters. The van der Waals surface area contributed by atoms with Gasteiger partial charge in [-0.15, -0.1) is 0 Å². The summed E-state index contributed by atoms with van der Waals surface area (Å²) >= 11 is 1.31. The molecule has 1 saturated carbocycles. The molecule has 3 heterocycles. The zero-order valence-corrected chi connectivity index (χ0v) is 24.9. The van der Waals surface area contributed by atoms with E-state index in [1.807, 2.05) is 54.3 Å². The maximum Gasteiger partial charge on any atom is 0.259 e. The predicted molar refractivity (Wildman–Crippen MR) is 167 cm³/mol. The largest absolute Gasteiger partial charge is 0.368 e. The van der Waals surface area contributed by atoms with E-state index in [1.165, 1.54) is 23.1 Å². The van der Waals surface area contributed by atoms with E-state index < -0.39 is 6.04 Å². The zero-order valence-electron chi connectivity index (χ0n) is 24.1. The predicted octanol–water partition coefficient (Wildman–Crippen LogP) is 4.34. The van der Waals surface area contributed by atoms with E-state index in [-0.39, 0.29) is 35.4 Å². The number of carbonyl (C=O) groups excluding carboxylic acids is 3. The Balaban J connectivity index is 1.15. The number of amidine groups is 2. The number of anilines is 1. The molecule has 0 bridgehead atoms. The van der Waals surface area contributed by atoms with Gasteiger partial charge in [0.15, 0.2) is 5.17 Å². The fraction of sp³-hybridized carbons (Fsp3) is 0.469. The molecule has 9 nitrogen and oxygen atoms in total. The molecule has 1 aliphatic carbocycles. The summed E-state index contributed by atoms with van der Waals surface area (Å²) in [7, 11) is 0. The van der Waals surface area contributed by atoms with Gasteiger partial charge in [0.1, 0.15) is 11.9 Å². The third kappa shape index (κ3) is 5.95. The minimum atomic E-state index is -0.812. The second-order valence-electron chi connectivity index (χ2n) is 11.3. The molecular weight excluding hydrogens is 548 g/mol. The number of carbonyl (C=O) groups is 3. The number of hydrogen-bond acceptors (Lipinski definition) is 7. The first-order chi connectivity index (χ1) is 20.5. The standard InChI is InChI=1S/C32H38N6O3S/c1-2-27(30(40)33-22-11-5-3-6-12-22)42-32-35-25-16-10-9-15-24(25)29-34-26(31(41)38(29)32)21-28(39)37-19-17-36(18-20-37)23-13-7-4-8-14-23/h4,7-10,13-16,22,26-27H,2-3,5-6,11-12,17-21H2,1H3,(H,33,40). The monoisotopic (exact) mass is 586 g/mol. The van der Waals surface area contributed by atoms with Gasteiger partial charge < -0.3 is 15.1 Å². The molecule has 1 saturated heterocycles. The van der Waals surface area contributed by atoms with Gasteiger partial charge in [0.2, 0.25) is 11.8 Å². The Kier molecular flexibility index (Phi) is 8.60. The number of rotatable bonds is 7. The zero-order chi connectivity index (χ0) is 29.1. The second kappa shape index (κ2) is 12.7. The van der Waals surface area contributed by atoms with Crippen LogP contribution in [0, 0.1) is 0 Å². The summed E-state index contributed by atoms with van der Waals surface area (Å²) in [5.74, 6) is 0.178. The first-order valence-electron chi connectivity index (χ1n) is 15.2. The van der Waals surface area contributed by atoms with Crippen molar-refractivity contribution in [3.05, 3.63) is 60.2 Å². The molecule has 2 fully saturated rings. The normalized spacial score (nSPS) is 21.3. The molecule has 0 radical (unpaired) electrons. The maximum absolute atomic E-state index is 13.8. The van der Waals surface area contributed by atoms with Crippen molar-refractivity contribution in [2.45, 2.75) is 69.2 Å². The Morgan fingerprint density at radius 2 is 1.69 bits per heavy atom. The van der Waals surface area contributed by atoms with Crippen LogP contribution >= 0.6 is 11.8 Å². The summed E-state index contributed by atoms with van der Waals surface area (Å²) in [4.78, 5) is 55.7.